The van der Waals surface area contributed by atoms with E-state index in [9.17, 15) is 4.79 Å². The zero-order valence-corrected chi connectivity index (χ0v) is 12.9. The van der Waals surface area contributed by atoms with Gasteiger partial charge < -0.3 is 14.6 Å². The average Bonchev–Trinajstić information content (AvgIpc) is 2.87. The summed E-state index contributed by atoms with van der Waals surface area (Å²) in [7, 11) is 0. The van der Waals surface area contributed by atoms with E-state index in [1.807, 2.05) is 20.0 Å². The third-order valence-electron chi connectivity index (χ3n) is 3.75. The predicted octanol–water partition coefficient (Wildman–Crippen LogP) is 1.73. The van der Waals surface area contributed by atoms with Crippen LogP contribution in [-0.2, 0) is 13.0 Å². The molecule has 0 spiro atoms. The highest BCUT2D eigenvalue weighted by molar-refractivity contribution is 5.96. The molecule has 22 heavy (non-hydrogen) atoms. The van der Waals surface area contributed by atoms with Crippen LogP contribution in [0.15, 0.2) is 24.5 Å². The van der Waals surface area contributed by atoms with E-state index in [-0.39, 0.29) is 11.9 Å². The number of carbonyl (C=O) groups is 1. The number of aromatic nitrogens is 3. The third kappa shape index (κ3) is 2.95. The monoisotopic (exact) mass is 300 g/mol. The summed E-state index contributed by atoms with van der Waals surface area (Å²) >= 11 is 0. The Morgan fingerprint density at radius 2 is 2.41 bits per heavy atom. The number of ether oxygens (including phenoxy) is 1. The topological polar surface area (TPSA) is 69.0 Å². The summed E-state index contributed by atoms with van der Waals surface area (Å²) in [4.78, 5) is 21.1. The van der Waals surface area contributed by atoms with Crippen LogP contribution in [0, 0.1) is 6.92 Å². The molecule has 116 valence electrons. The standard InChI is InChI=1S/C16H20N4O2/c1-3-22-16-13(5-4-8-17-16)15(21)19-12-6-7-14-18-11(2)9-20(14)10-12/h4-5,8-9,12H,3,6-7,10H2,1-2H3,(H,19,21)/t12-/m1/s1. The molecule has 2 aromatic rings. The van der Waals surface area contributed by atoms with Gasteiger partial charge in [-0.2, -0.15) is 0 Å². The van der Waals surface area contributed by atoms with Crippen LogP contribution in [0.3, 0.4) is 0 Å². The molecule has 2 aromatic heterocycles. The van der Waals surface area contributed by atoms with Gasteiger partial charge in [0.05, 0.1) is 12.3 Å². The van der Waals surface area contributed by atoms with Crippen LogP contribution in [0.4, 0.5) is 0 Å². The normalized spacial score (nSPS) is 16.9. The number of amides is 1. The summed E-state index contributed by atoms with van der Waals surface area (Å²) < 4.78 is 7.54. The number of rotatable bonds is 4. The fourth-order valence-corrected chi connectivity index (χ4v) is 2.78. The maximum absolute atomic E-state index is 12.5. The van der Waals surface area contributed by atoms with Gasteiger partial charge in [-0.15, -0.1) is 0 Å². The molecular weight excluding hydrogens is 280 g/mol. The fourth-order valence-electron chi connectivity index (χ4n) is 2.78. The molecule has 1 N–H and O–H groups in total. The summed E-state index contributed by atoms with van der Waals surface area (Å²) in [6.45, 7) is 5.11. The second kappa shape index (κ2) is 6.17. The highest BCUT2D eigenvalue weighted by Crippen LogP contribution is 2.18. The molecule has 3 heterocycles. The molecule has 0 unspecified atom stereocenters. The van der Waals surface area contributed by atoms with E-state index in [2.05, 4.69) is 19.9 Å². The number of imidazole rings is 1. The minimum absolute atomic E-state index is 0.100. The van der Waals surface area contributed by atoms with Crippen LogP contribution in [0.25, 0.3) is 0 Å². The van der Waals surface area contributed by atoms with Crippen LogP contribution in [0.1, 0.15) is 35.2 Å². The minimum atomic E-state index is -0.137. The second-order valence-electron chi connectivity index (χ2n) is 5.45. The Bertz CT molecular complexity index is 681. The van der Waals surface area contributed by atoms with Crippen molar-refractivity contribution < 1.29 is 9.53 Å². The Morgan fingerprint density at radius 1 is 1.55 bits per heavy atom. The van der Waals surface area contributed by atoms with Gasteiger partial charge in [0.1, 0.15) is 11.4 Å². The van der Waals surface area contributed by atoms with Crippen molar-refractivity contribution in [2.75, 3.05) is 6.61 Å². The van der Waals surface area contributed by atoms with Gasteiger partial charge in [-0.25, -0.2) is 9.97 Å². The van der Waals surface area contributed by atoms with Crippen molar-refractivity contribution in [2.24, 2.45) is 0 Å². The van der Waals surface area contributed by atoms with Crippen LogP contribution in [0.5, 0.6) is 5.88 Å². The van der Waals surface area contributed by atoms with Crippen LogP contribution < -0.4 is 10.1 Å². The molecule has 1 atom stereocenters. The first-order chi connectivity index (χ1) is 10.7. The first kappa shape index (κ1) is 14.6. The van der Waals surface area contributed by atoms with Gasteiger partial charge in [-0.05, 0) is 32.4 Å². The van der Waals surface area contributed by atoms with Crippen LogP contribution in [-0.4, -0.2) is 33.1 Å². The lowest BCUT2D eigenvalue weighted by atomic mass is 10.1. The molecule has 1 aliphatic rings. The van der Waals surface area contributed by atoms with Crippen LogP contribution >= 0.6 is 0 Å². The van der Waals surface area contributed by atoms with Crippen molar-refractivity contribution >= 4 is 5.91 Å². The number of aryl methyl sites for hydroxylation is 2. The second-order valence-corrected chi connectivity index (χ2v) is 5.45. The van der Waals surface area contributed by atoms with Crippen LogP contribution in [0.2, 0.25) is 0 Å². The molecule has 0 saturated carbocycles. The van der Waals surface area contributed by atoms with E-state index in [0.717, 1.165) is 30.9 Å². The molecule has 6 heteroatoms. The number of pyridine rings is 1. The lowest BCUT2D eigenvalue weighted by Crippen LogP contribution is -2.41. The molecule has 0 radical (unpaired) electrons. The van der Waals surface area contributed by atoms with E-state index >= 15 is 0 Å². The molecular formula is C16H20N4O2. The van der Waals surface area contributed by atoms with Crippen molar-refractivity contribution in [1.29, 1.82) is 0 Å². The molecule has 1 aliphatic heterocycles. The highest BCUT2D eigenvalue weighted by atomic mass is 16.5. The Kier molecular flexibility index (Phi) is 4.09. The number of nitrogens with zero attached hydrogens (tertiary/aromatic N) is 3. The lowest BCUT2D eigenvalue weighted by Gasteiger charge is -2.24. The fraction of sp³-hybridized carbons (Fsp3) is 0.438. The van der Waals surface area contributed by atoms with Crippen molar-refractivity contribution in [1.82, 2.24) is 19.9 Å². The summed E-state index contributed by atoms with van der Waals surface area (Å²) in [6, 6.07) is 3.58. The van der Waals surface area contributed by atoms with E-state index < -0.39 is 0 Å². The zero-order chi connectivity index (χ0) is 15.5. The first-order valence-electron chi connectivity index (χ1n) is 7.58. The zero-order valence-electron chi connectivity index (χ0n) is 12.9. The number of hydrogen-bond acceptors (Lipinski definition) is 4. The number of hydrogen-bond donors (Lipinski definition) is 1. The predicted molar refractivity (Wildman–Crippen MR) is 81.9 cm³/mol. The lowest BCUT2D eigenvalue weighted by molar-refractivity contribution is 0.0923. The Balaban J connectivity index is 1.70. The summed E-state index contributed by atoms with van der Waals surface area (Å²) in [5.41, 5.74) is 1.50. The number of nitrogens with one attached hydrogen (secondary N) is 1. The first-order valence-corrected chi connectivity index (χ1v) is 7.58. The van der Waals surface area contributed by atoms with Gasteiger partial charge in [0.15, 0.2) is 0 Å². The van der Waals surface area contributed by atoms with E-state index in [4.69, 9.17) is 4.74 Å². The Morgan fingerprint density at radius 3 is 3.23 bits per heavy atom. The van der Waals surface area contributed by atoms with E-state index in [0.29, 0.717) is 18.1 Å². The molecule has 0 saturated heterocycles. The van der Waals surface area contributed by atoms with E-state index in [1.54, 1.807) is 18.3 Å². The highest BCUT2D eigenvalue weighted by Gasteiger charge is 2.23. The summed E-state index contributed by atoms with van der Waals surface area (Å²) in [6.07, 6.45) is 5.43. The van der Waals surface area contributed by atoms with E-state index in [1.165, 1.54) is 0 Å². The van der Waals surface area contributed by atoms with Crippen molar-refractivity contribution in [3.8, 4) is 5.88 Å². The van der Waals surface area contributed by atoms with Gasteiger partial charge in [-0.1, -0.05) is 0 Å². The van der Waals surface area contributed by atoms with Gasteiger partial charge in [0.25, 0.3) is 5.91 Å². The maximum Gasteiger partial charge on any atom is 0.257 e. The SMILES string of the molecule is CCOc1ncccc1C(=O)N[C@@H]1CCc2nc(C)cn2C1. The van der Waals surface area contributed by atoms with Crippen molar-refractivity contribution in [3.05, 3.63) is 41.6 Å². The van der Waals surface area contributed by atoms with Gasteiger partial charge in [0, 0.05) is 31.4 Å². The third-order valence-corrected chi connectivity index (χ3v) is 3.75. The van der Waals surface area contributed by atoms with Gasteiger partial charge in [0.2, 0.25) is 5.88 Å². The molecule has 6 nitrogen and oxygen atoms in total. The van der Waals surface area contributed by atoms with Crippen molar-refractivity contribution in [2.45, 2.75) is 39.3 Å². The number of carbonyl (C=O) groups excluding carboxylic acids is 1. The maximum atomic E-state index is 12.5. The minimum Gasteiger partial charge on any atom is -0.477 e. The average molecular weight is 300 g/mol. The Labute approximate surface area is 129 Å². The van der Waals surface area contributed by atoms with Gasteiger partial charge >= 0.3 is 0 Å². The summed E-state index contributed by atoms with van der Waals surface area (Å²) in [5.74, 6) is 1.35. The number of fused-ring (bicyclic) bond motifs is 1. The molecule has 0 fully saturated rings. The molecule has 0 aliphatic carbocycles. The van der Waals surface area contributed by atoms with Crippen molar-refractivity contribution in [3.63, 3.8) is 0 Å². The van der Waals surface area contributed by atoms with Gasteiger partial charge in [-0.3, -0.25) is 4.79 Å². The largest absolute Gasteiger partial charge is 0.477 e. The molecule has 3 rings (SSSR count). The Hall–Kier alpha value is -2.37. The molecule has 0 bridgehead atoms. The smallest absolute Gasteiger partial charge is 0.257 e. The quantitative estimate of drug-likeness (QED) is 0.933. The summed E-state index contributed by atoms with van der Waals surface area (Å²) in [5, 5.41) is 3.08. The molecule has 1 amide bonds. The molecule has 0 aromatic carbocycles.